The third kappa shape index (κ3) is 3.42. The van der Waals surface area contributed by atoms with Gasteiger partial charge in [0.05, 0.1) is 0 Å². The van der Waals surface area contributed by atoms with E-state index in [9.17, 15) is 4.79 Å². The Labute approximate surface area is 135 Å². The lowest BCUT2D eigenvalue weighted by molar-refractivity contribution is 0.0736. The fraction of sp³-hybridized carbons (Fsp3) is 0.471. The molecular formula is C17H22N4O2. The van der Waals surface area contributed by atoms with Gasteiger partial charge in [-0.1, -0.05) is 25.9 Å². The number of hydrogen-bond donors (Lipinski definition) is 1. The highest BCUT2D eigenvalue weighted by atomic mass is 16.5. The Morgan fingerprint density at radius 1 is 1.17 bits per heavy atom. The summed E-state index contributed by atoms with van der Waals surface area (Å²) in [5.74, 6) is 1.23. The first-order chi connectivity index (χ1) is 10.9. The Hall–Kier alpha value is -2.21. The summed E-state index contributed by atoms with van der Waals surface area (Å²) in [6.45, 7) is 9.31. The van der Waals surface area contributed by atoms with Gasteiger partial charge in [-0.2, -0.15) is 4.98 Å². The van der Waals surface area contributed by atoms with Crippen molar-refractivity contribution in [3.05, 3.63) is 35.7 Å². The molecule has 1 saturated heterocycles. The molecule has 0 aliphatic carbocycles. The first kappa shape index (κ1) is 15.7. The molecule has 1 aromatic carbocycles. The van der Waals surface area contributed by atoms with Crippen molar-refractivity contribution in [1.82, 2.24) is 20.4 Å². The van der Waals surface area contributed by atoms with Gasteiger partial charge in [-0.3, -0.25) is 4.79 Å². The van der Waals surface area contributed by atoms with Crippen molar-refractivity contribution in [2.24, 2.45) is 0 Å². The number of carbonyl (C=O) groups excluding carboxylic acids is 1. The fourth-order valence-corrected chi connectivity index (χ4v) is 2.45. The Morgan fingerprint density at radius 2 is 1.83 bits per heavy atom. The number of amides is 1. The van der Waals surface area contributed by atoms with E-state index in [-0.39, 0.29) is 11.3 Å². The molecular weight excluding hydrogens is 292 g/mol. The highest BCUT2D eigenvalue weighted by molar-refractivity contribution is 5.94. The van der Waals surface area contributed by atoms with E-state index in [4.69, 9.17) is 4.52 Å². The molecule has 0 atom stereocenters. The van der Waals surface area contributed by atoms with Crippen molar-refractivity contribution in [2.45, 2.75) is 26.2 Å². The minimum Gasteiger partial charge on any atom is -0.336 e. The van der Waals surface area contributed by atoms with E-state index in [1.165, 1.54) is 0 Å². The minimum absolute atomic E-state index is 0.0685. The van der Waals surface area contributed by atoms with Crippen LogP contribution in [0.25, 0.3) is 11.5 Å². The summed E-state index contributed by atoms with van der Waals surface area (Å²) in [5.41, 5.74) is 1.36. The molecule has 1 fully saturated rings. The molecule has 23 heavy (non-hydrogen) atoms. The van der Waals surface area contributed by atoms with Gasteiger partial charge < -0.3 is 14.7 Å². The molecule has 1 amide bonds. The minimum atomic E-state index is -0.153. The van der Waals surface area contributed by atoms with Crippen LogP contribution in [0.15, 0.2) is 28.8 Å². The summed E-state index contributed by atoms with van der Waals surface area (Å²) in [4.78, 5) is 18.7. The Balaban J connectivity index is 1.76. The molecule has 1 aliphatic rings. The lowest BCUT2D eigenvalue weighted by Crippen LogP contribution is -2.46. The zero-order valence-electron chi connectivity index (χ0n) is 13.8. The summed E-state index contributed by atoms with van der Waals surface area (Å²) in [6, 6.07) is 7.35. The summed E-state index contributed by atoms with van der Waals surface area (Å²) < 4.78 is 5.33. The molecule has 0 bridgehead atoms. The second-order valence-electron chi connectivity index (χ2n) is 6.79. The van der Waals surface area contributed by atoms with Gasteiger partial charge in [-0.15, -0.1) is 0 Å². The van der Waals surface area contributed by atoms with Crippen LogP contribution < -0.4 is 5.32 Å². The van der Waals surface area contributed by atoms with Gasteiger partial charge in [0, 0.05) is 42.7 Å². The lowest BCUT2D eigenvalue weighted by atomic mass is 9.96. The van der Waals surface area contributed by atoms with Gasteiger partial charge in [0.2, 0.25) is 0 Å². The number of rotatable bonds is 2. The van der Waals surface area contributed by atoms with Crippen LogP contribution in [0.5, 0.6) is 0 Å². The van der Waals surface area contributed by atoms with E-state index in [0.717, 1.165) is 31.7 Å². The number of hydrogen-bond acceptors (Lipinski definition) is 5. The third-order valence-electron chi connectivity index (χ3n) is 3.88. The highest BCUT2D eigenvalue weighted by Crippen LogP contribution is 2.24. The second-order valence-corrected chi connectivity index (χ2v) is 6.79. The molecule has 2 aromatic rings. The Kier molecular flexibility index (Phi) is 4.17. The van der Waals surface area contributed by atoms with Gasteiger partial charge in [-0.05, 0) is 24.3 Å². The smallest absolute Gasteiger partial charge is 0.257 e. The SMILES string of the molecule is CC(C)(C)c1noc(-c2ccc(C(=O)N3CCNCC3)cc2)n1. The van der Waals surface area contributed by atoms with Gasteiger partial charge in [0.15, 0.2) is 5.82 Å². The van der Waals surface area contributed by atoms with E-state index >= 15 is 0 Å². The molecule has 1 aromatic heterocycles. The topological polar surface area (TPSA) is 71.3 Å². The summed E-state index contributed by atoms with van der Waals surface area (Å²) in [7, 11) is 0. The quantitative estimate of drug-likeness (QED) is 0.919. The summed E-state index contributed by atoms with van der Waals surface area (Å²) in [6.07, 6.45) is 0. The zero-order chi connectivity index (χ0) is 16.4. The normalized spacial score (nSPS) is 15.7. The van der Waals surface area contributed by atoms with E-state index in [2.05, 4.69) is 15.5 Å². The maximum atomic E-state index is 12.4. The van der Waals surface area contributed by atoms with Crippen molar-refractivity contribution in [1.29, 1.82) is 0 Å². The molecule has 1 N–H and O–H groups in total. The van der Waals surface area contributed by atoms with Gasteiger partial charge in [0.1, 0.15) is 0 Å². The van der Waals surface area contributed by atoms with Crippen LogP contribution in [0.1, 0.15) is 37.0 Å². The standard InChI is InChI=1S/C17H22N4O2/c1-17(2,3)16-19-14(23-20-16)12-4-6-13(7-5-12)15(22)21-10-8-18-9-11-21/h4-7,18H,8-11H2,1-3H3. The predicted octanol–water partition coefficient (Wildman–Crippen LogP) is 2.08. The molecule has 0 spiro atoms. The molecule has 0 saturated carbocycles. The zero-order valence-corrected chi connectivity index (χ0v) is 13.8. The maximum absolute atomic E-state index is 12.4. The van der Waals surface area contributed by atoms with Crippen LogP contribution in [0.3, 0.4) is 0 Å². The number of nitrogens with one attached hydrogen (secondary N) is 1. The predicted molar refractivity (Wildman–Crippen MR) is 87.2 cm³/mol. The molecule has 122 valence electrons. The van der Waals surface area contributed by atoms with E-state index < -0.39 is 0 Å². The van der Waals surface area contributed by atoms with Crippen LogP contribution in [-0.2, 0) is 5.41 Å². The summed E-state index contributed by atoms with van der Waals surface area (Å²) >= 11 is 0. The van der Waals surface area contributed by atoms with Gasteiger partial charge in [-0.25, -0.2) is 0 Å². The molecule has 6 nitrogen and oxygen atoms in total. The van der Waals surface area contributed by atoms with E-state index in [0.29, 0.717) is 17.3 Å². The van der Waals surface area contributed by atoms with Crippen LogP contribution in [0, 0.1) is 0 Å². The van der Waals surface area contributed by atoms with Gasteiger partial charge >= 0.3 is 0 Å². The van der Waals surface area contributed by atoms with Gasteiger partial charge in [0.25, 0.3) is 11.8 Å². The number of carbonyl (C=O) groups is 1. The molecule has 0 unspecified atom stereocenters. The lowest BCUT2D eigenvalue weighted by Gasteiger charge is -2.27. The van der Waals surface area contributed by atoms with E-state index in [1.54, 1.807) is 0 Å². The van der Waals surface area contributed by atoms with Crippen molar-refractivity contribution in [3.63, 3.8) is 0 Å². The van der Waals surface area contributed by atoms with Crippen LogP contribution in [-0.4, -0.2) is 47.1 Å². The van der Waals surface area contributed by atoms with Crippen molar-refractivity contribution < 1.29 is 9.32 Å². The van der Waals surface area contributed by atoms with Crippen LogP contribution in [0.2, 0.25) is 0 Å². The Bertz CT molecular complexity index is 679. The fourth-order valence-electron chi connectivity index (χ4n) is 2.45. The van der Waals surface area contributed by atoms with Crippen LogP contribution in [0.4, 0.5) is 0 Å². The molecule has 3 rings (SSSR count). The van der Waals surface area contributed by atoms with Crippen LogP contribution >= 0.6 is 0 Å². The molecule has 1 aliphatic heterocycles. The number of nitrogens with zero attached hydrogens (tertiary/aromatic N) is 3. The first-order valence-corrected chi connectivity index (χ1v) is 7.90. The van der Waals surface area contributed by atoms with Crippen molar-refractivity contribution in [3.8, 4) is 11.5 Å². The molecule has 0 radical (unpaired) electrons. The average Bonchev–Trinajstić information content (AvgIpc) is 3.05. The summed E-state index contributed by atoms with van der Waals surface area (Å²) in [5, 5.41) is 7.27. The first-order valence-electron chi connectivity index (χ1n) is 7.90. The highest BCUT2D eigenvalue weighted by Gasteiger charge is 2.22. The molecule has 2 heterocycles. The van der Waals surface area contributed by atoms with E-state index in [1.807, 2.05) is 49.9 Å². The average molecular weight is 314 g/mol. The monoisotopic (exact) mass is 314 g/mol. The number of aromatic nitrogens is 2. The maximum Gasteiger partial charge on any atom is 0.257 e. The molecule has 6 heteroatoms. The Morgan fingerprint density at radius 3 is 2.39 bits per heavy atom. The third-order valence-corrected chi connectivity index (χ3v) is 3.88. The number of benzene rings is 1. The number of piperazine rings is 1. The van der Waals surface area contributed by atoms with Crippen molar-refractivity contribution >= 4 is 5.91 Å². The van der Waals surface area contributed by atoms with Crippen molar-refractivity contribution in [2.75, 3.05) is 26.2 Å². The second kappa shape index (κ2) is 6.12. The largest absolute Gasteiger partial charge is 0.336 e.